The molecule has 0 saturated carbocycles. The normalized spacial score (nSPS) is 19.7. The SMILES string of the molecule is CNC(=O)c1cc(Cl)c(F)c(B2OC(C)(C)C(C)(C)O2)c1. The lowest BCUT2D eigenvalue weighted by Crippen LogP contribution is -2.41. The second-order valence-corrected chi connectivity index (χ2v) is 6.44. The summed E-state index contributed by atoms with van der Waals surface area (Å²) in [6.45, 7) is 7.48. The summed E-state index contributed by atoms with van der Waals surface area (Å²) in [6, 6.07) is 2.69. The fourth-order valence-corrected chi connectivity index (χ4v) is 2.25. The number of amides is 1. The van der Waals surface area contributed by atoms with E-state index in [1.807, 2.05) is 27.7 Å². The van der Waals surface area contributed by atoms with Crippen molar-refractivity contribution < 1.29 is 18.5 Å². The van der Waals surface area contributed by atoms with Gasteiger partial charge < -0.3 is 14.6 Å². The summed E-state index contributed by atoms with van der Waals surface area (Å²) in [7, 11) is 0.589. The van der Waals surface area contributed by atoms with E-state index in [1.165, 1.54) is 19.2 Å². The van der Waals surface area contributed by atoms with Crippen molar-refractivity contribution in [3.05, 3.63) is 28.5 Å². The fraction of sp³-hybridized carbons (Fsp3) is 0.500. The minimum Gasteiger partial charge on any atom is -0.399 e. The second-order valence-electron chi connectivity index (χ2n) is 6.03. The van der Waals surface area contributed by atoms with Gasteiger partial charge in [-0.15, -0.1) is 0 Å². The summed E-state index contributed by atoms with van der Waals surface area (Å²) in [4.78, 5) is 11.7. The third kappa shape index (κ3) is 2.80. The van der Waals surface area contributed by atoms with Crippen molar-refractivity contribution in [1.29, 1.82) is 0 Å². The van der Waals surface area contributed by atoms with Crippen molar-refractivity contribution in [2.24, 2.45) is 0 Å². The number of halogens is 2. The van der Waals surface area contributed by atoms with Crippen LogP contribution in [-0.2, 0) is 9.31 Å². The third-order valence-electron chi connectivity index (χ3n) is 4.05. The van der Waals surface area contributed by atoms with Crippen LogP contribution < -0.4 is 10.8 Å². The Bertz CT molecular complexity index is 576. The Kier molecular flexibility index (Phi) is 4.08. The molecule has 0 aromatic heterocycles. The van der Waals surface area contributed by atoms with E-state index >= 15 is 0 Å². The van der Waals surface area contributed by atoms with Crippen LogP contribution in [0.25, 0.3) is 0 Å². The van der Waals surface area contributed by atoms with Gasteiger partial charge in [0, 0.05) is 18.1 Å². The zero-order valence-corrected chi connectivity index (χ0v) is 13.5. The topological polar surface area (TPSA) is 47.6 Å². The summed E-state index contributed by atoms with van der Waals surface area (Å²) in [5.41, 5.74) is -0.812. The number of benzene rings is 1. The Labute approximate surface area is 129 Å². The molecule has 114 valence electrons. The van der Waals surface area contributed by atoms with E-state index in [0.29, 0.717) is 0 Å². The van der Waals surface area contributed by atoms with Gasteiger partial charge in [0.15, 0.2) is 0 Å². The van der Waals surface area contributed by atoms with Gasteiger partial charge in [0.05, 0.1) is 16.2 Å². The molecule has 1 saturated heterocycles. The standard InChI is InChI=1S/C14H18BClFNO3/c1-13(2)14(3,4)21-15(20-13)9-6-8(12(19)18-5)7-10(16)11(9)17/h6-7H,1-5H3,(H,18,19). The molecular weight excluding hydrogens is 295 g/mol. The van der Waals surface area contributed by atoms with Crippen LogP contribution in [0.5, 0.6) is 0 Å². The van der Waals surface area contributed by atoms with Gasteiger partial charge in [-0.25, -0.2) is 4.39 Å². The molecule has 1 aliphatic heterocycles. The quantitative estimate of drug-likeness (QED) is 0.851. The van der Waals surface area contributed by atoms with E-state index in [9.17, 15) is 9.18 Å². The van der Waals surface area contributed by atoms with Crippen LogP contribution >= 0.6 is 11.6 Å². The first-order valence-electron chi connectivity index (χ1n) is 6.66. The summed E-state index contributed by atoms with van der Waals surface area (Å²) in [5.74, 6) is -0.988. The van der Waals surface area contributed by atoms with Crippen LogP contribution in [0.4, 0.5) is 4.39 Å². The number of rotatable bonds is 2. The molecule has 0 bridgehead atoms. The minimum absolute atomic E-state index is 0.125. The molecule has 0 atom stereocenters. The largest absolute Gasteiger partial charge is 0.497 e. The molecule has 7 heteroatoms. The molecular formula is C14H18BClFNO3. The van der Waals surface area contributed by atoms with Gasteiger partial charge in [0.25, 0.3) is 5.91 Å². The Hall–Kier alpha value is -1.11. The molecule has 21 heavy (non-hydrogen) atoms. The summed E-state index contributed by atoms with van der Waals surface area (Å²) in [6.07, 6.45) is 0. The van der Waals surface area contributed by atoms with Crippen molar-refractivity contribution in [1.82, 2.24) is 5.32 Å². The van der Waals surface area contributed by atoms with Gasteiger partial charge >= 0.3 is 7.12 Å². The third-order valence-corrected chi connectivity index (χ3v) is 4.33. The van der Waals surface area contributed by atoms with Crippen LogP contribution in [0.2, 0.25) is 5.02 Å². The number of carbonyl (C=O) groups is 1. The van der Waals surface area contributed by atoms with Crippen LogP contribution in [-0.4, -0.2) is 31.3 Å². The highest BCUT2D eigenvalue weighted by Crippen LogP contribution is 2.37. The summed E-state index contributed by atoms with van der Waals surface area (Å²) in [5, 5.41) is 2.34. The molecule has 1 fully saturated rings. The zero-order chi connectivity index (χ0) is 16.0. The van der Waals surface area contributed by atoms with Gasteiger partial charge in [-0.05, 0) is 39.8 Å². The Morgan fingerprint density at radius 1 is 1.24 bits per heavy atom. The van der Waals surface area contributed by atoms with Gasteiger partial charge in [-0.2, -0.15) is 0 Å². The summed E-state index contributed by atoms with van der Waals surface area (Å²) < 4.78 is 25.9. The van der Waals surface area contributed by atoms with Crippen molar-refractivity contribution in [2.75, 3.05) is 7.05 Å². The molecule has 0 spiro atoms. The molecule has 1 amide bonds. The maximum absolute atomic E-state index is 14.3. The molecule has 0 unspecified atom stereocenters. The Morgan fingerprint density at radius 3 is 2.24 bits per heavy atom. The fourth-order valence-electron chi connectivity index (χ4n) is 2.03. The van der Waals surface area contributed by atoms with Gasteiger partial charge in [0.1, 0.15) is 5.82 Å². The van der Waals surface area contributed by atoms with Crippen molar-refractivity contribution in [3.8, 4) is 0 Å². The first-order valence-corrected chi connectivity index (χ1v) is 7.03. The van der Waals surface area contributed by atoms with Crippen LogP contribution in [0, 0.1) is 5.82 Å². The summed E-state index contributed by atoms with van der Waals surface area (Å²) >= 11 is 5.87. The van der Waals surface area contributed by atoms with Crippen molar-refractivity contribution in [2.45, 2.75) is 38.9 Å². The number of carbonyl (C=O) groups excluding carboxylic acids is 1. The van der Waals surface area contributed by atoms with Gasteiger partial charge in [0.2, 0.25) is 0 Å². The molecule has 2 rings (SSSR count). The van der Waals surface area contributed by atoms with Crippen molar-refractivity contribution in [3.63, 3.8) is 0 Å². The molecule has 1 heterocycles. The smallest absolute Gasteiger partial charge is 0.399 e. The predicted molar refractivity (Wildman–Crippen MR) is 80.5 cm³/mol. The molecule has 1 N–H and O–H groups in total. The highest BCUT2D eigenvalue weighted by atomic mass is 35.5. The molecule has 0 radical (unpaired) electrons. The lowest BCUT2D eigenvalue weighted by Gasteiger charge is -2.32. The zero-order valence-electron chi connectivity index (χ0n) is 12.7. The van der Waals surface area contributed by atoms with E-state index in [-0.39, 0.29) is 22.0 Å². The van der Waals surface area contributed by atoms with E-state index in [1.54, 1.807) is 0 Å². The minimum atomic E-state index is -0.905. The number of hydrogen-bond acceptors (Lipinski definition) is 3. The van der Waals surface area contributed by atoms with Crippen LogP contribution in [0.1, 0.15) is 38.1 Å². The molecule has 1 aliphatic rings. The monoisotopic (exact) mass is 313 g/mol. The molecule has 1 aromatic carbocycles. The molecule has 1 aromatic rings. The first kappa shape index (κ1) is 16.3. The van der Waals surface area contributed by atoms with E-state index in [2.05, 4.69) is 5.32 Å². The predicted octanol–water partition coefficient (Wildman–Crippen LogP) is 2.14. The Balaban J connectivity index is 2.46. The van der Waals surface area contributed by atoms with E-state index in [4.69, 9.17) is 20.9 Å². The maximum Gasteiger partial charge on any atom is 0.497 e. The van der Waals surface area contributed by atoms with Crippen LogP contribution in [0.3, 0.4) is 0 Å². The van der Waals surface area contributed by atoms with E-state index in [0.717, 1.165) is 0 Å². The molecule has 4 nitrogen and oxygen atoms in total. The molecule has 0 aliphatic carbocycles. The maximum atomic E-state index is 14.3. The number of hydrogen-bond donors (Lipinski definition) is 1. The first-order chi connectivity index (χ1) is 9.59. The van der Waals surface area contributed by atoms with Crippen LogP contribution in [0.15, 0.2) is 12.1 Å². The van der Waals surface area contributed by atoms with Gasteiger partial charge in [-0.1, -0.05) is 11.6 Å². The van der Waals surface area contributed by atoms with Crippen molar-refractivity contribution >= 4 is 30.1 Å². The number of nitrogens with one attached hydrogen (secondary N) is 1. The average molecular weight is 314 g/mol. The lowest BCUT2D eigenvalue weighted by molar-refractivity contribution is 0.00578. The average Bonchev–Trinajstić information content (AvgIpc) is 2.60. The lowest BCUT2D eigenvalue weighted by atomic mass is 9.78. The second kappa shape index (κ2) is 5.27. The van der Waals surface area contributed by atoms with Gasteiger partial charge in [-0.3, -0.25) is 4.79 Å². The Morgan fingerprint density at radius 2 is 1.76 bits per heavy atom. The highest BCUT2D eigenvalue weighted by Gasteiger charge is 2.52. The van der Waals surface area contributed by atoms with E-state index < -0.39 is 24.1 Å². The highest BCUT2D eigenvalue weighted by molar-refractivity contribution is 6.62.